The summed E-state index contributed by atoms with van der Waals surface area (Å²) in [6.07, 6.45) is 9.42. The molecule has 36 heavy (non-hydrogen) atoms. The fourth-order valence-corrected chi connectivity index (χ4v) is 4.23. The highest BCUT2D eigenvalue weighted by Gasteiger charge is 2.12. The van der Waals surface area contributed by atoms with Crippen LogP contribution in [0.4, 0.5) is 0 Å². The number of hydrogen-bond acceptors (Lipinski definition) is 12. The minimum Gasteiger partial charge on any atom is -0.462 e. The normalized spacial score (nSPS) is 9.69. The van der Waals surface area contributed by atoms with Gasteiger partial charge in [0.15, 0.2) is 3.92 Å². The molecule has 0 fully saturated rings. The molecule has 0 aliphatic heterocycles. The van der Waals surface area contributed by atoms with Gasteiger partial charge in [0.1, 0.15) is 14.8 Å². The molecule has 0 bridgehead atoms. The Morgan fingerprint density at radius 2 is 1.47 bits per heavy atom. The van der Waals surface area contributed by atoms with E-state index in [1.807, 2.05) is 12.1 Å². The second-order valence-corrected chi connectivity index (χ2v) is 9.69. The SMILES string of the molecule is CCOC(=O)c1cnc(-c2cccnc2)s1.CCOC(=O)c1cnc(Br)s1.OB(O)c1cccnc1. The van der Waals surface area contributed by atoms with Crippen molar-refractivity contribution in [1.82, 2.24) is 19.9 Å². The summed E-state index contributed by atoms with van der Waals surface area (Å²) in [5, 5.41) is 17.9. The van der Waals surface area contributed by atoms with Gasteiger partial charge < -0.3 is 19.5 Å². The van der Waals surface area contributed by atoms with Crippen LogP contribution >= 0.6 is 38.6 Å². The van der Waals surface area contributed by atoms with Crippen molar-refractivity contribution in [3.63, 3.8) is 0 Å². The highest BCUT2D eigenvalue weighted by atomic mass is 79.9. The monoisotopic (exact) mass is 592 g/mol. The molecule has 14 heteroatoms. The zero-order valence-electron chi connectivity index (χ0n) is 19.3. The summed E-state index contributed by atoms with van der Waals surface area (Å²) < 4.78 is 10.3. The van der Waals surface area contributed by atoms with Crippen molar-refractivity contribution in [2.24, 2.45) is 0 Å². The lowest BCUT2D eigenvalue weighted by molar-refractivity contribution is 0.0522. The van der Waals surface area contributed by atoms with E-state index in [9.17, 15) is 9.59 Å². The second-order valence-electron chi connectivity index (χ2n) is 6.35. The molecule has 0 unspecified atom stereocenters. The second kappa shape index (κ2) is 15.9. The summed E-state index contributed by atoms with van der Waals surface area (Å²) in [5.41, 5.74) is 1.32. The molecule has 0 aliphatic rings. The number of rotatable bonds is 6. The molecule has 188 valence electrons. The summed E-state index contributed by atoms with van der Waals surface area (Å²) in [5.74, 6) is -0.633. The Kier molecular flexibility index (Phi) is 12.9. The number of carbonyl (C=O) groups excluding carboxylic acids is 2. The van der Waals surface area contributed by atoms with Gasteiger partial charge in [0.2, 0.25) is 0 Å². The van der Waals surface area contributed by atoms with E-state index in [1.54, 1.807) is 44.6 Å². The first-order valence-corrected chi connectivity index (χ1v) is 12.9. The van der Waals surface area contributed by atoms with Crippen LogP contribution in [0.2, 0.25) is 0 Å². The molecule has 0 spiro atoms. The number of thiazole rings is 2. The topological polar surface area (TPSA) is 145 Å². The zero-order chi connectivity index (χ0) is 26.3. The maximum Gasteiger partial charge on any atom is 0.490 e. The highest BCUT2D eigenvalue weighted by Crippen LogP contribution is 2.24. The molecule has 4 aromatic heterocycles. The molecule has 0 aromatic carbocycles. The van der Waals surface area contributed by atoms with Crippen molar-refractivity contribution in [2.75, 3.05) is 13.2 Å². The summed E-state index contributed by atoms with van der Waals surface area (Å²) >= 11 is 5.73. The average molecular weight is 593 g/mol. The van der Waals surface area contributed by atoms with Gasteiger partial charge >= 0.3 is 19.1 Å². The molecule has 0 saturated heterocycles. The van der Waals surface area contributed by atoms with E-state index in [-0.39, 0.29) is 11.9 Å². The Balaban J connectivity index is 0.000000200. The molecule has 0 radical (unpaired) electrons. The largest absolute Gasteiger partial charge is 0.490 e. The lowest BCUT2D eigenvalue weighted by Crippen LogP contribution is -2.29. The van der Waals surface area contributed by atoms with Crippen LogP contribution in [-0.2, 0) is 9.47 Å². The van der Waals surface area contributed by atoms with Crippen LogP contribution in [0.3, 0.4) is 0 Å². The van der Waals surface area contributed by atoms with Crippen molar-refractivity contribution in [2.45, 2.75) is 13.8 Å². The van der Waals surface area contributed by atoms with Crippen molar-refractivity contribution in [3.8, 4) is 10.6 Å². The number of esters is 2. The molecule has 0 saturated carbocycles. The van der Waals surface area contributed by atoms with Gasteiger partial charge in [0.25, 0.3) is 0 Å². The van der Waals surface area contributed by atoms with Gasteiger partial charge in [-0.15, -0.1) is 22.7 Å². The number of pyridine rings is 2. The van der Waals surface area contributed by atoms with Gasteiger partial charge in [-0.25, -0.2) is 19.6 Å². The molecule has 0 aliphatic carbocycles. The first kappa shape index (κ1) is 29.2. The van der Waals surface area contributed by atoms with E-state index in [2.05, 4.69) is 35.9 Å². The third-order valence-electron chi connectivity index (χ3n) is 3.83. The summed E-state index contributed by atoms with van der Waals surface area (Å²) in [6, 6.07) is 6.98. The smallest absolute Gasteiger partial charge is 0.462 e. The number of hydrogen-bond donors (Lipinski definition) is 2. The van der Waals surface area contributed by atoms with E-state index < -0.39 is 7.12 Å². The fraction of sp³-hybridized carbons (Fsp3) is 0.182. The Bertz CT molecular complexity index is 1210. The predicted octanol–water partition coefficient (Wildman–Crippen LogP) is 3.23. The van der Waals surface area contributed by atoms with Crippen LogP contribution in [0.15, 0.2) is 65.4 Å². The van der Waals surface area contributed by atoms with Crippen molar-refractivity contribution in [1.29, 1.82) is 0 Å². The maximum atomic E-state index is 11.4. The summed E-state index contributed by atoms with van der Waals surface area (Å²) in [6.45, 7) is 4.32. The Morgan fingerprint density at radius 1 is 0.889 bits per heavy atom. The van der Waals surface area contributed by atoms with Crippen LogP contribution < -0.4 is 5.46 Å². The van der Waals surface area contributed by atoms with Crippen LogP contribution in [-0.4, -0.2) is 62.3 Å². The summed E-state index contributed by atoms with van der Waals surface area (Å²) in [4.78, 5) is 39.2. The average Bonchev–Trinajstić information content (AvgIpc) is 3.56. The van der Waals surface area contributed by atoms with Gasteiger partial charge in [0.05, 0.1) is 25.6 Å². The minimum atomic E-state index is -1.40. The molecular weight excluding hydrogens is 571 g/mol. The van der Waals surface area contributed by atoms with Crippen LogP contribution in [0.1, 0.15) is 33.2 Å². The standard InChI is InChI=1S/C11H10N2O2S.C6H6BrNO2S.C5H6BNO2/c1-2-15-11(14)9-7-13-10(16-9)8-4-3-5-12-6-8;1-2-10-5(9)4-3-8-6(7)11-4;8-6(9)5-2-1-3-7-4-5/h3-7H,2H2,1H3;3H,2H2,1H3;1-4,8-9H. The number of aromatic nitrogens is 4. The molecule has 2 N–H and O–H groups in total. The lowest BCUT2D eigenvalue weighted by Gasteiger charge is -1.96. The quantitative estimate of drug-likeness (QED) is 0.253. The van der Waals surface area contributed by atoms with Crippen molar-refractivity contribution >= 4 is 63.1 Å². The van der Waals surface area contributed by atoms with E-state index >= 15 is 0 Å². The molecule has 0 amide bonds. The molecule has 4 rings (SSSR count). The van der Waals surface area contributed by atoms with Crippen LogP contribution in [0, 0.1) is 0 Å². The minimum absolute atomic E-state index is 0.310. The number of carbonyl (C=O) groups is 2. The van der Waals surface area contributed by atoms with E-state index in [4.69, 9.17) is 19.5 Å². The maximum absolute atomic E-state index is 11.4. The summed E-state index contributed by atoms with van der Waals surface area (Å²) in [7, 11) is -1.40. The van der Waals surface area contributed by atoms with Crippen LogP contribution in [0.5, 0.6) is 0 Å². The first-order chi connectivity index (χ1) is 17.3. The number of ether oxygens (including phenoxy) is 2. The highest BCUT2D eigenvalue weighted by molar-refractivity contribution is 9.11. The van der Waals surface area contributed by atoms with Crippen molar-refractivity contribution in [3.05, 3.63) is 75.1 Å². The van der Waals surface area contributed by atoms with Gasteiger partial charge in [0, 0.05) is 35.8 Å². The van der Waals surface area contributed by atoms with Gasteiger partial charge in [-0.3, -0.25) is 9.97 Å². The zero-order valence-corrected chi connectivity index (χ0v) is 22.5. The molecule has 4 heterocycles. The van der Waals surface area contributed by atoms with E-state index in [1.165, 1.54) is 41.3 Å². The lowest BCUT2D eigenvalue weighted by atomic mass is 9.82. The predicted molar refractivity (Wildman–Crippen MR) is 141 cm³/mol. The van der Waals surface area contributed by atoms with E-state index in [0.29, 0.717) is 32.3 Å². The Hall–Kier alpha value is -3.04. The van der Waals surface area contributed by atoms with E-state index in [0.717, 1.165) is 10.6 Å². The Labute approximate surface area is 224 Å². The number of halogens is 1. The Morgan fingerprint density at radius 3 is 1.92 bits per heavy atom. The number of nitrogens with zero attached hydrogens (tertiary/aromatic N) is 4. The fourth-order valence-electron chi connectivity index (χ4n) is 2.27. The molecule has 0 atom stereocenters. The van der Waals surface area contributed by atoms with Gasteiger partial charge in [-0.2, -0.15) is 0 Å². The first-order valence-electron chi connectivity index (χ1n) is 10.4. The molecular formula is C22H22BBrN4O6S2. The van der Waals surface area contributed by atoms with Gasteiger partial charge in [-0.1, -0.05) is 6.07 Å². The van der Waals surface area contributed by atoms with Crippen LogP contribution in [0.25, 0.3) is 10.6 Å². The molecule has 10 nitrogen and oxygen atoms in total. The third kappa shape index (κ3) is 9.91. The molecule has 4 aromatic rings. The van der Waals surface area contributed by atoms with Gasteiger partial charge in [-0.05, 0) is 48.0 Å². The van der Waals surface area contributed by atoms with Crippen molar-refractivity contribution < 1.29 is 29.1 Å². The third-order valence-corrected chi connectivity index (χ3v) is 6.31.